The first kappa shape index (κ1) is 18.8. The number of esters is 1. The lowest BCUT2D eigenvalue weighted by Crippen LogP contribution is -2.55. The van der Waals surface area contributed by atoms with Crippen molar-refractivity contribution in [3.05, 3.63) is 0 Å². The van der Waals surface area contributed by atoms with Crippen molar-refractivity contribution in [1.82, 2.24) is 5.32 Å². The smallest absolute Gasteiger partial charge is 0.326 e. The van der Waals surface area contributed by atoms with Gasteiger partial charge in [0, 0.05) is 11.9 Å². The number of hydrogen-bond acceptors (Lipinski definition) is 5. The van der Waals surface area contributed by atoms with Crippen molar-refractivity contribution in [1.29, 1.82) is 0 Å². The van der Waals surface area contributed by atoms with Gasteiger partial charge < -0.3 is 15.2 Å². The van der Waals surface area contributed by atoms with E-state index in [1.54, 1.807) is 0 Å². The lowest BCUT2D eigenvalue weighted by atomic mass is 9.85. The third-order valence-electron chi connectivity index (χ3n) is 4.36. The minimum absolute atomic E-state index is 0.0669. The molecule has 5 heteroatoms. The van der Waals surface area contributed by atoms with Crippen LogP contribution in [0.5, 0.6) is 0 Å². The molecule has 0 spiro atoms. The van der Waals surface area contributed by atoms with E-state index in [0.717, 1.165) is 44.4 Å². The van der Waals surface area contributed by atoms with Crippen LogP contribution in [0.25, 0.3) is 0 Å². The summed E-state index contributed by atoms with van der Waals surface area (Å²) in [7, 11) is 0. The Balaban J connectivity index is 2.58. The summed E-state index contributed by atoms with van der Waals surface area (Å²) in [5, 5.41) is 12.9. The van der Waals surface area contributed by atoms with Gasteiger partial charge in [0.25, 0.3) is 0 Å². The van der Waals surface area contributed by atoms with E-state index in [1.165, 1.54) is 0 Å². The molecule has 0 aliphatic heterocycles. The van der Waals surface area contributed by atoms with Crippen LogP contribution >= 0.6 is 11.8 Å². The predicted octanol–water partition coefficient (Wildman–Crippen LogP) is 2.59. The van der Waals surface area contributed by atoms with E-state index in [0.29, 0.717) is 17.8 Å². The van der Waals surface area contributed by atoms with Gasteiger partial charge in [-0.05, 0) is 50.8 Å². The van der Waals surface area contributed by atoms with Gasteiger partial charge in [-0.2, -0.15) is 11.8 Å². The number of likely N-dealkylation sites (N-methyl/N-ethyl adjacent to an activating group) is 1. The molecule has 1 saturated carbocycles. The van der Waals surface area contributed by atoms with Gasteiger partial charge in [0.15, 0.2) is 0 Å². The summed E-state index contributed by atoms with van der Waals surface area (Å²) in [5.41, 5.74) is -0.467. The highest BCUT2D eigenvalue weighted by atomic mass is 32.2. The van der Waals surface area contributed by atoms with Gasteiger partial charge in [-0.15, -0.1) is 0 Å². The number of nitrogens with one attached hydrogen (secondary N) is 1. The van der Waals surface area contributed by atoms with Crippen LogP contribution in [0.4, 0.5) is 0 Å². The van der Waals surface area contributed by atoms with E-state index >= 15 is 0 Å². The van der Waals surface area contributed by atoms with Crippen LogP contribution in [0.1, 0.15) is 52.9 Å². The van der Waals surface area contributed by atoms with Crippen molar-refractivity contribution >= 4 is 17.7 Å². The number of ether oxygens (including phenoxy) is 1. The molecule has 1 aliphatic rings. The van der Waals surface area contributed by atoms with Gasteiger partial charge in [0.1, 0.15) is 5.54 Å². The Kier molecular flexibility index (Phi) is 8.67. The van der Waals surface area contributed by atoms with E-state index in [1.807, 2.05) is 18.7 Å². The first-order valence-corrected chi connectivity index (χ1v) is 9.30. The van der Waals surface area contributed by atoms with Gasteiger partial charge in [0.05, 0.1) is 6.61 Å². The number of aliphatic hydroxyl groups is 1. The van der Waals surface area contributed by atoms with Gasteiger partial charge in [0.2, 0.25) is 0 Å². The van der Waals surface area contributed by atoms with Crippen LogP contribution in [0, 0.1) is 5.92 Å². The second kappa shape index (κ2) is 9.70. The highest BCUT2D eigenvalue weighted by Gasteiger charge is 2.49. The van der Waals surface area contributed by atoms with Gasteiger partial charge in [-0.25, -0.2) is 0 Å². The van der Waals surface area contributed by atoms with E-state index in [2.05, 4.69) is 19.2 Å². The lowest BCUT2D eigenvalue weighted by molar-refractivity contribution is -0.153. The summed E-state index contributed by atoms with van der Waals surface area (Å²) in [6.07, 6.45) is 4.95. The zero-order valence-corrected chi connectivity index (χ0v) is 14.5. The molecular weight excluding hydrogens is 286 g/mol. The number of rotatable bonds is 10. The average Bonchev–Trinajstić information content (AvgIpc) is 2.84. The summed E-state index contributed by atoms with van der Waals surface area (Å²) in [6, 6.07) is 0. The summed E-state index contributed by atoms with van der Waals surface area (Å²) in [5.74, 6) is 1.34. The molecule has 0 heterocycles. The van der Waals surface area contributed by atoms with Crippen LogP contribution in [-0.2, 0) is 9.53 Å². The summed E-state index contributed by atoms with van der Waals surface area (Å²) >= 11 is 1.89. The molecule has 0 bridgehead atoms. The first-order chi connectivity index (χ1) is 10.1. The molecule has 0 radical (unpaired) electrons. The van der Waals surface area contributed by atoms with Crippen molar-refractivity contribution < 1.29 is 14.6 Å². The fourth-order valence-corrected chi connectivity index (χ4v) is 4.39. The molecule has 21 heavy (non-hydrogen) atoms. The quantitative estimate of drug-likeness (QED) is 0.607. The minimum atomic E-state index is -0.467. The molecule has 1 aliphatic carbocycles. The van der Waals surface area contributed by atoms with Crippen molar-refractivity contribution in [3.63, 3.8) is 0 Å². The Labute approximate surface area is 133 Å². The molecule has 0 aromatic heterocycles. The highest BCUT2D eigenvalue weighted by molar-refractivity contribution is 7.99. The van der Waals surface area contributed by atoms with E-state index in [9.17, 15) is 4.79 Å². The van der Waals surface area contributed by atoms with Crippen molar-refractivity contribution in [2.45, 2.75) is 63.7 Å². The van der Waals surface area contributed by atoms with Gasteiger partial charge >= 0.3 is 5.97 Å². The Bertz CT molecular complexity index is 314. The Hall–Kier alpha value is -0.260. The Morgan fingerprint density at radius 1 is 1.52 bits per heavy atom. The molecule has 3 atom stereocenters. The fourth-order valence-electron chi connectivity index (χ4n) is 3.29. The van der Waals surface area contributed by atoms with Crippen LogP contribution < -0.4 is 5.32 Å². The lowest BCUT2D eigenvalue weighted by Gasteiger charge is -2.34. The van der Waals surface area contributed by atoms with Crippen LogP contribution in [-0.4, -0.2) is 47.4 Å². The second-order valence-corrected chi connectivity index (χ2v) is 7.34. The molecule has 4 nitrogen and oxygen atoms in total. The first-order valence-electron chi connectivity index (χ1n) is 8.25. The molecule has 0 aromatic rings. The van der Waals surface area contributed by atoms with Crippen molar-refractivity contribution in [2.24, 2.45) is 5.92 Å². The van der Waals surface area contributed by atoms with Gasteiger partial charge in [-0.3, -0.25) is 4.79 Å². The summed E-state index contributed by atoms with van der Waals surface area (Å²) < 4.78 is 5.34. The number of aliphatic hydroxyl groups excluding tert-OH is 1. The molecule has 0 aromatic carbocycles. The van der Waals surface area contributed by atoms with Crippen LogP contribution in [0.15, 0.2) is 0 Å². The third kappa shape index (κ3) is 5.15. The monoisotopic (exact) mass is 317 g/mol. The zero-order valence-electron chi connectivity index (χ0n) is 13.7. The van der Waals surface area contributed by atoms with Crippen molar-refractivity contribution in [3.8, 4) is 0 Å². The molecule has 124 valence electrons. The van der Waals surface area contributed by atoms with E-state index in [-0.39, 0.29) is 12.6 Å². The van der Waals surface area contributed by atoms with Crippen LogP contribution in [0.2, 0.25) is 0 Å². The van der Waals surface area contributed by atoms with E-state index in [4.69, 9.17) is 9.84 Å². The number of thioether (sulfide) groups is 1. The van der Waals surface area contributed by atoms with Crippen molar-refractivity contribution in [2.75, 3.05) is 25.5 Å². The summed E-state index contributed by atoms with van der Waals surface area (Å²) in [6.45, 7) is 7.56. The van der Waals surface area contributed by atoms with Crippen LogP contribution in [0.3, 0.4) is 0 Å². The minimum Gasteiger partial charge on any atom is -0.465 e. The molecule has 0 amide bonds. The maximum absolute atomic E-state index is 12.4. The average molecular weight is 317 g/mol. The molecular formula is C16H31NO3S. The number of carbonyl (C=O) groups excluding carboxylic acids is 1. The maximum atomic E-state index is 12.4. The summed E-state index contributed by atoms with van der Waals surface area (Å²) in [4.78, 5) is 12.4. The molecule has 1 rings (SSSR count). The molecule has 1 fully saturated rings. The fraction of sp³-hybridized carbons (Fsp3) is 0.938. The maximum Gasteiger partial charge on any atom is 0.326 e. The molecule has 3 unspecified atom stereocenters. The second-order valence-electron chi connectivity index (χ2n) is 5.79. The Morgan fingerprint density at radius 2 is 2.29 bits per heavy atom. The zero-order chi connectivity index (χ0) is 15.7. The normalized spacial score (nSPS) is 26.8. The van der Waals surface area contributed by atoms with Gasteiger partial charge in [-0.1, -0.05) is 20.3 Å². The molecule has 0 saturated heterocycles. The number of carbonyl (C=O) groups is 1. The largest absolute Gasteiger partial charge is 0.465 e. The molecule has 2 N–H and O–H groups in total. The van der Waals surface area contributed by atoms with E-state index < -0.39 is 5.54 Å². The predicted molar refractivity (Wildman–Crippen MR) is 88.6 cm³/mol. The number of hydrogen-bond donors (Lipinski definition) is 2. The highest BCUT2D eigenvalue weighted by Crippen LogP contribution is 2.40. The standard InChI is InChI=1S/C16H31NO3S/c1-4-17-16(15(19)20-5-2)10-6-7-14(16)9-12-21-13(3)8-11-18/h13-14,17-18H,4-12H2,1-3H3. The topological polar surface area (TPSA) is 58.6 Å². The Morgan fingerprint density at radius 3 is 2.90 bits per heavy atom. The SMILES string of the molecule is CCNC1(C(=O)OCC)CCCC1CCSC(C)CCO. The third-order valence-corrected chi connectivity index (χ3v) is 5.63.